The van der Waals surface area contributed by atoms with Gasteiger partial charge in [-0.05, 0) is 25.7 Å². The highest BCUT2D eigenvalue weighted by molar-refractivity contribution is 6.62. The Bertz CT molecular complexity index is 244. The zero-order valence-electron chi connectivity index (χ0n) is 12.9. The van der Waals surface area contributed by atoms with Crippen molar-refractivity contribution in [2.24, 2.45) is 10.9 Å². The van der Waals surface area contributed by atoms with Gasteiger partial charge in [0, 0.05) is 27.0 Å². The van der Waals surface area contributed by atoms with E-state index in [1.54, 1.807) is 21.3 Å². The summed E-state index contributed by atoms with van der Waals surface area (Å²) in [5, 5.41) is 0. The third-order valence-corrected chi connectivity index (χ3v) is 5.84. The van der Waals surface area contributed by atoms with Crippen molar-refractivity contribution in [3.8, 4) is 0 Å². The lowest BCUT2D eigenvalue weighted by Gasteiger charge is -2.30. The van der Waals surface area contributed by atoms with Crippen LogP contribution >= 0.6 is 0 Å². The molecule has 0 rings (SSSR count). The average Bonchev–Trinajstić information content (AvgIpc) is 2.31. The summed E-state index contributed by atoms with van der Waals surface area (Å²) in [6.45, 7) is 8.60. The highest BCUT2D eigenvalue weighted by Gasteiger charge is 2.47. The van der Waals surface area contributed by atoms with Gasteiger partial charge in [-0.15, -0.1) is 0 Å². The molecule has 0 aromatic heterocycles. The monoisotopic (exact) mass is 275 g/mol. The Balaban J connectivity index is 5.03. The molecule has 4 nitrogen and oxygen atoms in total. The summed E-state index contributed by atoms with van der Waals surface area (Å²) in [4.78, 5) is 4.79. The van der Waals surface area contributed by atoms with Crippen molar-refractivity contribution >= 4 is 14.5 Å². The molecule has 0 heterocycles. The second-order valence-electron chi connectivity index (χ2n) is 4.98. The molecule has 1 unspecified atom stereocenters. The topological polar surface area (TPSA) is 40.0 Å². The Morgan fingerprint density at radius 1 is 1.11 bits per heavy atom. The van der Waals surface area contributed by atoms with E-state index in [1.165, 1.54) is 0 Å². The zero-order valence-corrected chi connectivity index (χ0v) is 13.9. The fraction of sp³-hybridized carbons (Fsp3) is 0.923. The van der Waals surface area contributed by atoms with E-state index in [0.29, 0.717) is 5.92 Å². The van der Waals surface area contributed by atoms with Crippen molar-refractivity contribution in [2.75, 3.05) is 21.3 Å². The molecule has 0 amide bonds. The SMILES string of the molecule is CCCC(N=C(C)CC(C)C)[Si](OC)(OC)OC. The quantitative estimate of drug-likeness (QED) is 0.479. The molecule has 0 radical (unpaired) electrons. The van der Waals surface area contributed by atoms with Crippen LogP contribution in [0.5, 0.6) is 0 Å². The van der Waals surface area contributed by atoms with Crippen LogP contribution in [-0.4, -0.2) is 41.5 Å². The molecular formula is C13H29NO3Si. The molecule has 108 valence electrons. The molecule has 0 bridgehead atoms. The van der Waals surface area contributed by atoms with Crippen LogP contribution in [0, 0.1) is 5.92 Å². The van der Waals surface area contributed by atoms with E-state index < -0.39 is 8.80 Å². The van der Waals surface area contributed by atoms with Gasteiger partial charge in [-0.25, -0.2) is 0 Å². The number of hydrogen-bond donors (Lipinski definition) is 0. The first-order chi connectivity index (χ1) is 8.45. The van der Waals surface area contributed by atoms with Crippen LogP contribution in [0.3, 0.4) is 0 Å². The lowest BCUT2D eigenvalue weighted by Crippen LogP contribution is -2.53. The molecule has 0 saturated carbocycles. The van der Waals surface area contributed by atoms with E-state index in [9.17, 15) is 0 Å². The molecule has 18 heavy (non-hydrogen) atoms. The Kier molecular flexibility index (Phi) is 8.68. The van der Waals surface area contributed by atoms with Gasteiger partial charge in [0.2, 0.25) is 0 Å². The van der Waals surface area contributed by atoms with E-state index in [2.05, 4.69) is 27.7 Å². The molecule has 0 spiro atoms. The highest BCUT2D eigenvalue weighted by atomic mass is 28.4. The standard InChI is InChI=1S/C13H29NO3Si/c1-8-9-13(14-12(4)10-11(2)3)18(15-5,16-6)17-7/h11,13H,8-10H2,1-7H3. The minimum atomic E-state index is -2.67. The first-order valence-electron chi connectivity index (χ1n) is 6.64. The normalized spacial score (nSPS) is 15.2. The Morgan fingerprint density at radius 2 is 1.61 bits per heavy atom. The van der Waals surface area contributed by atoms with Gasteiger partial charge in [0.25, 0.3) is 0 Å². The van der Waals surface area contributed by atoms with Crippen LogP contribution in [-0.2, 0) is 13.3 Å². The smallest absolute Gasteiger partial charge is 0.376 e. The summed E-state index contributed by atoms with van der Waals surface area (Å²) in [6.07, 6.45) is 2.97. The minimum absolute atomic E-state index is 0.00116. The number of nitrogens with zero attached hydrogens (tertiary/aromatic N) is 1. The van der Waals surface area contributed by atoms with Crippen molar-refractivity contribution in [2.45, 2.75) is 52.6 Å². The molecule has 5 heteroatoms. The average molecular weight is 275 g/mol. The molecule has 0 aromatic carbocycles. The van der Waals surface area contributed by atoms with Gasteiger partial charge in [0.15, 0.2) is 0 Å². The van der Waals surface area contributed by atoms with Crippen LogP contribution in [0.1, 0.15) is 47.0 Å². The van der Waals surface area contributed by atoms with E-state index in [1.807, 2.05) is 0 Å². The molecule has 1 atom stereocenters. The maximum absolute atomic E-state index is 5.54. The fourth-order valence-corrected chi connectivity index (χ4v) is 4.50. The summed E-state index contributed by atoms with van der Waals surface area (Å²) in [5.41, 5.74) is 1.15. The van der Waals surface area contributed by atoms with Gasteiger partial charge >= 0.3 is 8.80 Å². The second kappa shape index (κ2) is 8.80. The van der Waals surface area contributed by atoms with E-state index in [-0.39, 0.29) is 5.67 Å². The summed E-state index contributed by atoms with van der Waals surface area (Å²) in [6, 6.07) is 0. The highest BCUT2D eigenvalue weighted by Crippen LogP contribution is 2.20. The molecule has 0 saturated heterocycles. The van der Waals surface area contributed by atoms with Gasteiger partial charge < -0.3 is 13.3 Å². The summed E-state index contributed by atoms with van der Waals surface area (Å²) < 4.78 is 16.6. The number of aliphatic imine (C=N–C) groups is 1. The van der Waals surface area contributed by atoms with Crippen molar-refractivity contribution in [3.05, 3.63) is 0 Å². The molecule has 0 aliphatic carbocycles. The first kappa shape index (κ1) is 17.8. The van der Waals surface area contributed by atoms with E-state index in [0.717, 1.165) is 25.0 Å². The molecular weight excluding hydrogens is 246 g/mol. The third-order valence-electron chi connectivity index (χ3n) is 2.90. The van der Waals surface area contributed by atoms with E-state index >= 15 is 0 Å². The number of rotatable bonds is 9. The maximum Gasteiger partial charge on any atom is 0.526 e. The first-order valence-corrected chi connectivity index (χ1v) is 8.44. The molecule has 0 aromatic rings. The second-order valence-corrected chi connectivity index (χ2v) is 8.08. The lowest BCUT2D eigenvalue weighted by molar-refractivity contribution is 0.111. The van der Waals surface area contributed by atoms with Crippen molar-refractivity contribution in [1.82, 2.24) is 0 Å². The number of hydrogen-bond acceptors (Lipinski definition) is 4. The van der Waals surface area contributed by atoms with E-state index in [4.69, 9.17) is 18.3 Å². The van der Waals surface area contributed by atoms with Gasteiger partial charge in [-0.2, -0.15) is 0 Å². The summed E-state index contributed by atoms with van der Waals surface area (Å²) in [5.74, 6) is 0.611. The fourth-order valence-electron chi connectivity index (χ4n) is 2.16. The van der Waals surface area contributed by atoms with Crippen LogP contribution in [0.25, 0.3) is 0 Å². The van der Waals surface area contributed by atoms with Crippen molar-refractivity contribution in [3.63, 3.8) is 0 Å². The third kappa shape index (κ3) is 5.18. The van der Waals surface area contributed by atoms with Crippen molar-refractivity contribution < 1.29 is 13.3 Å². The zero-order chi connectivity index (χ0) is 14.2. The lowest BCUT2D eigenvalue weighted by atomic mass is 10.1. The van der Waals surface area contributed by atoms with Crippen LogP contribution in [0.4, 0.5) is 0 Å². The van der Waals surface area contributed by atoms with Gasteiger partial charge in [0.1, 0.15) is 5.67 Å². The summed E-state index contributed by atoms with van der Waals surface area (Å²) >= 11 is 0. The minimum Gasteiger partial charge on any atom is -0.376 e. The molecule has 0 aliphatic rings. The van der Waals surface area contributed by atoms with Crippen molar-refractivity contribution in [1.29, 1.82) is 0 Å². The van der Waals surface area contributed by atoms with Gasteiger partial charge in [0.05, 0.1) is 0 Å². The largest absolute Gasteiger partial charge is 0.526 e. The maximum atomic E-state index is 5.54. The Labute approximate surface area is 113 Å². The predicted octanol–water partition coefficient (Wildman–Crippen LogP) is 3.08. The van der Waals surface area contributed by atoms with Crippen LogP contribution < -0.4 is 0 Å². The van der Waals surface area contributed by atoms with Gasteiger partial charge in [-0.3, -0.25) is 4.99 Å². The summed E-state index contributed by atoms with van der Waals surface area (Å²) in [7, 11) is 2.27. The Morgan fingerprint density at radius 3 is 1.94 bits per heavy atom. The Hall–Kier alpha value is -0.233. The molecule has 0 fully saturated rings. The van der Waals surface area contributed by atoms with Gasteiger partial charge in [-0.1, -0.05) is 27.2 Å². The molecule has 0 aliphatic heterocycles. The predicted molar refractivity (Wildman–Crippen MR) is 78.0 cm³/mol. The van der Waals surface area contributed by atoms with Crippen LogP contribution in [0.15, 0.2) is 4.99 Å². The van der Waals surface area contributed by atoms with Crippen LogP contribution in [0.2, 0.25) is 0 Å². The molecule has 0 N–H and O–H groups in total.